The largest absolute Gasteiger partial charge is 0.271 e. The summed E-state index contributed by atoms with van der Waals surface area (Å²) in [4.78, 5) is 20.6. The predicted octanol–water partition coefficient (Wildman–Crippen LogP) is 6.87. The molecule has 1 amide bonds. The van der Waals surface area contributed by atoms with Crippen molar-refractivity contribution in [3.8, 4) is 0 Å². The Balaban J connectivity index is 1.82. The third kappa shape index (κ3) is 4.21. The maximum Gasteiger partial charge on any atom is 0.271 e. The van der Waals surface area contributed by atoms with Crippen molar-refractivity contribution < 1.29 is 4.79 Å². The lowest BCUT2D eigenvalue weighted by atomic mass is 10.1. The van der Waals surface area contributed by atoms with Gasteiger partial charge in [-0.3, -0.25) is 9.69 Å². The molecule has 0 spiro atoms. The van der Waals surface area contributed by atoms with Crippen molar-refractivity contribution in [1.82, 2.24) is 0 Å². The Morgan fingerprint density at radius 3 is 2.31 bits per heavy atom. The average Bonchev–Trinajstić information content (AvgIpc) is 3.00. The van der Waals surface area contributed by atoms with Crippen LogP contribution in [0.15, 0.2) is 87.2 Å². The van der Waals surface area contributed by atoms with Crippen LogP contribution in [0.1, 0.15) is 16.7 Å². The highest BCUT2D eigenvalue weighted by Gasteiger charge is 2.34. The second-order valence-corrected chi connectivity index (χ2v) is 8.70. The first kappa shape index (κ1) is 19.7. The van der Waals surface area contributed by atoms with E-state index in [9.17, 15) is 4.79 Å². The fourth-order valence-electron chi connectivity index (χ4n) is 3.18. The second kappa shape index (κ2) is 8.39. The number of anilines is 1. The third-order valence-electron chi connectivity index (χ3n) is 4.61. The molecule has 1 saturated heterocycles. The Bertz CT molecular complexity index is 1120. The number of hydrogen-bond acceptors (Lipinski definition) is 3. The van der Waals surface area contributed by atoms with Crippen LogP contribution in [-0.4, -0.2) is 11.1 Å². The van der Waals surface area contributed by atoms with Crippen molar-refractivity contribution >= 4 is 56.2 Å². The molecule has 0 bridgehead atoms. The minimum atomic E-state index is -0.0637. The van der Waals surface area contributed by atoms with Crippen molar-refractivity contribution in [1.29, 1.82) is 0 Å². The highest BCUT2D eigenvalue weighted by atomic mass is 79.9. The number of benzene rings is 3. The number of para-hydroxylation sites is 2. The summed E-state index contributed by atoms with van der Waals surface area (Å²) in [5.41, 5.74) is 4.86. The van der Waals surface area contributed by atoms with Crippen LogP contribution < -0.4 is 4.90 Å². The number of aryl methyl sites for hydroxylation is 2. The minimum absolute atomic E-state index is 0.0637. The Labute approximate surface area is 183 Å². The van der Waals surface area contributed by atoms with Gasteiger partial charge >= 0.3 is 0 Å². The van der Waals surface area contributed by atoms with Gasteiger partial charge in [-0.2, -0.15) is 0 Å². The van der Waals surface area contributed by atoms with Crippen molar-refractivity contribution in [3.63, 3.8) is 0 Å². The number of carbonyl (C=O) groups excluding carboxylic acids is 1. The summed E-state index contributed by atoms with van der Waals surface area (Å²) in [5.74, 6) is -0.0637. The SMILES string of the molecule is Cc1cccc(C)c1N=C1SC(=Cc2cccc(Br)c2)C(=O)N1c1ccccc1. The van der Waals surface area contributed by atoms with Gasteiger partial charge in [-0.15, -0.1) is 0 Å². The summed E-state index contributed by atoms with van der Waals surface area (Å²) in [6.07, 6.45) is 1.92. The van der Waals surface area contributed by atoms with E-state index in [2.05, 4.69) is 15.9 Å². The Morgan fingerprint density at radius 2 is 1.62 bits per heavy atom. The molecule has 0 radical (unpaired) electrons. The molecule has 1 aliphatic rings. The summed E-state index contributed by atoms with van der Waals surface area (Å²) in [5, 5.41) is 0.667. The molecular weight excluding hydrogens is 444 g/mol. The lowest BCUT2D eigenvalue weighted by molar-refractivity contribution is -0.113. The number of hydrogen-bond donors (Lipinski definition) is 0. The first-order valence-corrected chi connectivity index (χ1v) is 10.8. The van der Waals surface area contributed by atoms with Crippen LogP contribution >= 0.6 is 27.7 Å². The molecule has 0 atom stereocenters. The molecule has 3 nitrogen and oxygen atoms in total. The number of amidine groups is 1. The second-order valence-electron chi connectivity index (χ2n) is 6.78. The molecule has 0 unspecified atom stereocenters. The van der Waals surface area contributed by atoms with Crippen LogP contribution in [0.4, 0.5) is 11.4 Å². The van der Waals surface area contributed by atoms with Crippen molar-refractivity contribution in [2.75, 3.05) is 4.90 Å². The number of aliphatic imine (C=N–C) groups is 1. The van der Waals surface area contributed by atoms with E-state index in [0.717, 1.165) is 32.5 Å². The molecule has 0 aromatic heterocycles. The van der Waals surface area contributed by atoms with Gasteiger partial charge in [-0.25, -0.2) is 4.99 Å². The number of rotatable bonds is 3. The van der Waals surface area contributed by atoms with E-state index in [1.807, 2.05) is 92.7 Å². The van der Waals surface area contributed by atoms with Crippen LogP contribution in [0.2, 0.25) is 0 Å². The van der Waals surface area contributed by atoms with Crippen LogP contribution in [-0.2, 0) is 4.79 Å². The number of carbonyl (C=O) groups is 1. The molecule has 3 aromatic rings. The average molecular weight is 463 g/mol. The van der Waals surface area contributed by atoms with Crippen molar-refractivity contribution in [3.05, 3.63) is 98.9 Å². The fraction of sp³-hybridized carbons (Fsp3) is 0.0833. The van der Waals surface area contributed by atoms with Crippen molar-refractivity contribution in [2.24, 2.45) is 4.99 Å². The number of thioether (sulfide) groups is 1. The molecule has 4 rings (SSSR count). The molecule has 144 valence electrons. The zero-order valence-corrected chi connectivity index (χ0v) is 18.5. The van der Waals surface area contributed by atoms with Gasteiger partial charge in [0.05, 0.1) is 16.3 Å². The lowest BCUT2D eigenvalue weighted by Gasteiger charge is -2.16. The Hall–Kier alpha value is -2.63. The zero-order valence-electron chi connectivity index (χ0n) is 16.1. The third-order valence-corrected chi connectivity index (χ3v) is 6.08. The van der Waals surface area contributed by atoms with E-state index in [-0.39, 0.29) is 5.91 Å². The molecule has 1 fully saturated rings. The van der Waals surface area contributed by atoms with Crippen LogP contribution in [0.5, 0.6) is 0 Å². The topological polar surface area (TPSA) is 32.7 Å². The van der Waals surface area contributed by atoms with Gasteiger partial charge < -0.3 is 0 Å². The molecule has 0 saturated carbocycles. The monoisotopic (exact) mass is 462 g/mol. The normalized spacial score (nSPS) is 16.8. The van der Waals surface area contributed by atoms with E-state index in [4.69, 9.17) is 4.99 Å². The molecule has 5 heteroatoms. The molecule has 3 aromatic carbocycles. The maximum absolute atomic E-state index is 13.3. The van der Waals surface area contributed by atoms with Gasteiger partial charge in [-0.05, 0) is 72.6 Å². The number of nitrogens with zero attached hydrogens (tertiary/aromatic N) is 2. The summed E-state index contributed by atoms with van der Waals surface area (Å²) in [6.45, 7) is 4.08. The van der Waals surface area contributed by atoms with Crippen LogP contribution in [0, 0.1) is 13.8 Å². The first-order valence-electron chi connectivity index (χ1n) is 9.22. The Kier molecular flexibility index (Phi) is 5.69. The smallest absolute Gasteiger partial charge is 0.268 e. The zero-order chi connectivity index (χ0) is 20.4. The molecule has 1 aliphatic heterocycles. The van der Waals surface area contributed by atoms with E-state index in [1.54, 1.807) is 4.90 Å². The predicted molar refractivity (Wildman–Crippen MR) is 127 cm³/mol. The highest BCUT2D eigenvalue weighted by molar-refractivity contribution is 9.10. The lowest BCUT2D eigenvalue weighted by Crippen LogP contribution is -2.28. The first-order chi connectivity index (χ1) is 14.0. The van der Waals surface area contributed by atoms with E-state index < -0.39 is 0 Å². The Morgan fingerprint density at radius 1 is 0.931 bits per heavy atom. The summed E-state index contributed by atoms with van der Waals surface area (Å²) in [6, 6.07) is 23.7. The standard InChI is InChI=1S/C24H19BrN2OS/c1-16-8-6-9-17(2)22(16)26-24-27(20-12-4-3-5-13-20)23(28)21(29-24)15-18-10-7-11-19(25)14-18/h3-15H,1-2H3. The van der Waals surface area contributed by atoms with Gasteiger partial charge in [0.2, 0.25) is 0 Å². The maximum atomic E-state index is 13.3. The van der Waals surface area contributed by atoms with Crippen molar-refractivity contribution in [2.45, 2.75) is 13.8 Å². The van der Waals surface area contributed by atoms with Gasteiger partial charge in [-0.1, -0.05) is 64.5 Å². The van der Waals surface area contributed by atoms with Gasteiger partial charge in [0.25, 0.3) is 5.91 Å². The molecular formula is C24H19BrN2OS. The molecule has 0 aliphatic carbocycles. The number of halogens is 1. The molecule has 0 N–H and O–H groups in total. The van der Waals surface area contributed by atoms with E-state index in [0.29, 0.717) is 10.1 Å². The fourth-order valence-corrected chi connectivity index (χ4v) is 4.58. The van der Waals surface area contributed by atoms with Gasteiger partial charge in [0, 0.05) is 4.47 Å². The van der Waals surface area contributed by atoms with Crippen LogP contribution in [0.3, 0.4) is 0 Å². The van der Waals surface area contributed by atoms with E-state index >= 15 is 0 Å². The van der Waals surface area contributed by atoms with Gasteiger partial charge in [0.1, 0.15) is 0 Å². The quantitative estimate of drug-likeness (QED) is 0.397. The minimum Gasteiger partial charge on any atom is -0.268 e. The molecule has 1 heterocycles. The summed E-state index contributed by atoms with van der Waals surface area (Å²) < 4.78 is 0.978. The van der Waals surface area contributed by atoms with Crippen LogP contribution in [0.25, 0.3) is 6.08 Å². The van der Waals surface area contributed by atoms with Gasteiger partial charge in [0.15, 0.2) is 5.17 Å². The van der Waals surface area contributed by atoms with E-state index in [1.165, 1.54) is 11.8 Å². The summed E-state index contributed by atoms with van der Waals surface area (Å²) in [7, 11) is 0. The highest BCUT2D eigenvalue weighted by Crippen LogP contribution is 2.38. The summed E-state index contributed by atoms with van der Waals surface area (Å²) >= 11 is 4.90. The molecule has 29 heavy (non-hydrogen) atoms. The number of amides is 1.